The molecule has 0 radical (unpaired) electrons. The molecular weight excluding hydrogens is 400 g/mol. The molecule has 0 aromatic heterocycles. The number of amides is 2. The van der Waals surface area contributed by atoms with Crippen LogP contribution in [-0.2, 0) is 11.2 Å². The van der Waals surface area contributed by atoms with Crippen LogP contribution in [0.15, 0.2) is 46.9 Å². The van der Waals surface area contributed by atoms with Gasteiger partial charge in [0.2, 0.25) is 0 Å². The molecule has 0 aliphatic rings. The Hall–Kier alpha value is -2.54. The minimum Gasteiger partial charge on any atom is -0.493 e. The molecule has 0 bridgehead atoms. The van der Waals surface area contributed by atoms with Gasteiger partial charge in [0.25, 0.3) is 11.8 Å². The number of carbonyl (C=O) groups excluding carboxylic acids is 2. The molecule has 2 N–H and O–H groups in total. The van der Waals surface area contributed by atoms with Gasteiger partial charge in [-0.25, -0.2) is 0 Å². The summed E-state index contributed by atoms with van der Waals surface area (Å²) >= 11 is 3.35. The number of halogens is 1. The van der Waals surface area contributed by atoms with E-state index in [4.69, 9.17) is 9.47 Å². The number of rotatable bonds is 7. The number of hydrogen-bond acceptors (Lipinski definition) is 4. The summed E-state index contributed by atoms with van der Waals surface area (Å²) in [7, 11) is 0. The fraction of sp³-hybridized carbons (Fsp3) is 0.263. The Balaban J connectivity index is 1.80. The van der Waals surface area contributed by atoms with Crippen LogP contribution in [0.2, 0.25) is 0 Å². The molecule has 0 spiro atoms. The normalized spacial score (nSPS) is 10.1. The van der Waals surface area contributed by atoms with Crippen molar-refractivity contribution in [2.75, 3.05) is 13.2 Å². The monoisotopic (exact) mass is 420 g/mol. The number of carbonyl (C=O) groups is 2. The fourth-order valence-electron chi connectivity index (χ4n) is 2.12. The molecule has 2 aromatic rings. The van der Waals surface area contributed by atoms with Gasteiger partial charge in [-0.1, -0.05) is 19.1 Å². The molecule has 0 aliphatic heterocycles. The first kappa shape index (κ1) is 19.8. The zero-order valence-electron chi connectivity index (χ0n) is 14.7. The van der Waals surface area contributed by atoms with Gasteiger partial charge >= 0.3 is 0 Å². The van der Waals surface area contributed by atoms with Crippen LogP contribution in [0, 0.1) is 0 Å². The van der Waals surface area contributed by atoms with E-state index >= 15 is 0 Å². The lowest BCUT2D eigenvalue weighted by Crippen LogP contribution is -2.43. The van der Waals surface area contributed by atoms with Crippen molar-refractivity contribution in [2.45, 2.75) is 20.3 Å². The Morgan fingerprint density at radius 1 is 1.00 bits per heavy atom. The number of benzene rings is 2. The van der Waals surface area contributed by atoms with E-state index in [1.54, 1.807) is 18.2 Å². The fourth-order valence-corrected chi connectivity index (χ4v) is 2.61. The average Bonchev–Trinajstić information content (AvgIpc) is 2.66. The first-order chi connectivity index (χ1) is 12.5. The molecule has 7 heteroatoms. The van der Waals surface area contributed by atoms with Crippen molar-refractivity contribution in [2.24, 2.45) is 0 Å². The van der Waals surface area contributed by atoms with Crippen LogP contribution in [0.4, 0.5) is 0 Å². The highest BCUT2D eigenvalue weighted by molar-refractivity contribution is 9.10. The largest absolute Gasteiger partial charge is 0.493 e. The average molecular weight is 421 g/mol. The third-order valence-electron chi connectivity index (χ3n) is 3.51. The lowest BCUT2D eigenvalue weighted by atomic mass is 10.2. The Labute approximate surface area is 161 Å². The van der Waals surface area contributed by atoms with E-state index in [1.807, 2.05) is 31.2 Å². The molecule has 6 nitrogen and oxygen atoms in total. The molecule has 2 rings (SSSR count). The predicted octanol–water partition coefficient (Wildman–Crippen LogP) is 3.25. The van der Waals surface area contributed by atoms with Gasteiger partial charge in [-0.3, -0.25) is 20.4 Å². The molecular formula is C19H21BrN2O4. The molecule has 26 heavy (non-hydrogen) atoms. The summed E-state index contributed by atoms with van der Waals surface area (Å²) in [4.78, 5) is 23.9. The minimum atomic E-state index is -0.456. The van der Waals surface area contributed by atoms with Crippen molar-refractivity contribution < 1.29 is 19.1 Å². The summed E-state index contributed by atoms with van der Waals surface area (Å²) in [5.74, 6) is 0.354. The van der Waals surface area contributed by atoms with Crippen molar-refractivity contribution >= 4 is 27.7 Å². The molecule has 138 valence electrons. The second kappa shape index (κ2) is 9.82. The highest BCUT2D eigenvalue weighted by Gasteiger charge is 2.10. The van der Waals surface area contributed by atoms with E-state index in [-0.39, 0.29) is 6.61 Å². The number of aryl methyl sites for hydroxylation is 1. The molecule has 0 heterocycles. The maximum absolute atomic E-state index is 12.1. The van der Waals surface area contributed by atoms with E-state index in [9.17, 15) is 9.59 Å². The minimum absolute atomic E-state index is 0.196. The summed E-state index contributed by atoms with van der Waals surface area (Å²) < 4.78 is 11.4. The maximum Gasteiger partial charge on any atom is 0.276 e. The molecule has 0 saturated carbocycles. The molecule has 0 atom stereocenters. The molecule has 0 fully saturated rings. The molecule has 0 saturated heterocycles. The van der Waals surface area contributed by atoms with E-state index in [1.165, 1.54) is 5.56 Å². The first-order valence-electron chi connectivity index (χ1n) is 8.26. The molecule has 0 aliphatic carbocycles. The number of nitrogens with one attached hydrogen (secondary N) is 2. The zero-order chi connectivity index (χ0) is 18.9. The van der Waals surface area contributed by atoms with Crippen LogP contribution in [0.3, 0.4) is 0 Å². The standard InChI is InChI=1S/C19H21BrN2O4/c1-3-13-5-8-15(9-6-13)26-12-18(23)21-22-19(24)14-7-10-17(25-4-2)16(20)11-14/h5-11H,3-4,12H2,1-2H3,(H,21,23)(H,22,24). The van der Waals surface area contributed by atoms with Gasteiger partial charge < -0.3 is 9.47 Å². The second-order valence-corrected chi connectivity index (χ2v) is 6.22. The maximum atomic E-state index is 12.1. The summed E-state index contributed by atoms with van der Waals surface area (Å²) in [6.07, 6.45) is 0.939. The lowest BCUT2D eigenvalue weighted by Gasteiger charge is -2.10. The van der Waals surface area contributed by atoms with Crippen LogP contribution in [0.5, 0.6) is 11.5 Å². The highest BCUT2D eigenvalue weighted by atomic mass is 79.9. The Bertz CT molecular complexity index is 763. The van der Waals surface area contributed by atoms with Crippen molar-refractivity contribution in [3.8, 4) is 11.5 Å². The highest BCUT2D eigenvalue weighted by Crippen LogP contribution is 2.25. The van der Waals surface area contributed by atoms with Crippen molar-refractivity contribution in [3.63, 3.8) is 0 Å². The number of ether oxygens (including phenoxy) is 2. The molecule has 2 aromatic carbocycles. The predicted molar refractivity (Wildman–Crippen MR) is 102 cm³/mol. The third-order valence-corrected chi connectivity index (χ3v) is 4.13. The van der Waals surface area contributed by atoms with Crippen LogP contribution in [0.1, 0.15) is 29.8 Å². The SMILES string of the molecule is CCOc1ccc(C(=O)NNC(=O)COc2ccc(CC)cc2)cc1Br. The Morgan fingerprint density at radius 3 is 2.35 bits per heavy atom. The van der Waals surface area contributed by atoms with Crippen molar-refractivity contribution in [1.29, 1.82) is 0 Å². The summed E-state index contributed by atoms with van der Waals surface area (Å²) in [5.41, 5.74) is 6.25. The summed E-state index contributed by atoms with van der Waals surface area (Å²) in [6.45, 7) is 4.28. The quantitative estimate of drug-likeness (QED) is 0.673. The van der Waals surface area contributed by atoms with Crippen molar-refractivity contribution in [3.05, 3.63) is 58.1 Å². The second-order valence-electron chi connectivity index (χ2n) is 5.37. The number of hydrogen-bond donors (Lipinski definition) is 2. The van der Waals surface area contributed by atoms with Crippen LogP contribution >= 0.6 is 15.9 Å². The van der Waals surface area contributed by atoms with Crippen LogP contribution < -0.4 is 20.3 Å². The zero-order valence-corrected chi connectivity index (χ0v) is 16.3. The van der Waals surface area contributed by atoms with E-state index in [2.05, 4.69) is 33.7 Å². The van der Waals surface area contributed by atoms with Gasteiger partial charge in [0, 0.05) is 5.56 Å². The van der Waals surface area contributed by atoms with E-state index < -0.39 is 11.8 Å². The van der Waals surface area contributed by atoms with Crippen LogP contribution in [-0.4, -0.2) is 25.0 Å². The van der Waals surface area contributed by atoms with Gasteiger partial charge in [-0.15, -0.1) is 0 Å². The Morgan fingerprint density at radius 2 is 1.73 bits per heavy atom. The third kappa shape index (κ3) is 5.77. The van der Waals surface area contributed by atoms with E-state index in [0.29, 0.717) is 28.1 Å². The molecule has 0 unspecified atom stereocenters. The van der Waals surface area contributed by atoms with Gasteiger partial charge in [-0.05, 0) is 65.2 Å². The van der Waals surface area contributed by atoms with Gasteiger partial charge in [0.15, 0.2) is 6.61 Å². The topological polar surface area (TPSA) is 76.7 Å². The van der Waals surface area contributed by atoms with Gasteiger partial charge in [0.1, 0.15) is 11.5 Å². The molecule has 2 amide bonds. The van der Waals surface area contributed by atoms with Gasteiger partial charge in [0.05, 0.1) is 11.1 Å². The summed E-state index contributed by atoms with van der Waals surface area (Å²) in [5, 5.41) is 0. The lowest BCUT2D eigenvalue weighted by molar-refractivity contribution is -0.123. The number of hydrazine groups is 1. The smallest absolute Gasteiger partial charge is 0.276 e. The van der Waals surface area contributed by atoms with Gasteiger partial charge in [-0.2, -0.15) is 0 Å². The Kier molecular flexibility index (Phi) is 7.47. The van der Waals surface area contributed by atoms with Crippen molar-refractivity contribution in [1.82, 2.24) is 10.9 Å². The van der Waals surface area contributed by atoms with E-state index in [0.717, 1.165) is 6.42 Å². The summed E-state index contributed by atoms with van der Waals surface area (Å²) in [6, 6.07) is 12.4. The first-order valence-corrected chi connectivity index (χ1v) is 9.06. The van der Waals surface area contributed by atoms with Crippen LogP contribution in [0.25, 0.3) is 0 Å².